The Labute approximate surface area is 157 Å². The average molecular weight is 373 g/mol. The highest BCUT2D eigenvalue weighted by molar-refractivity contribution is 6.37. The number of aliphatic hydroxyl groups is 2. The Balaban J connectivity index is 1.99. The number of cyclic esters (lactones) is 1. The molecule has 0 amide bonds. The summed E-state index contributed by atoms with van der Waals surface area (Å²) in [5.41, 5.74) is 0. The zero-order valence-corrected chi connectivity index (χ0v) is 16.2. The second kappa shape index (κ2) is 14.1. The van der Waals surface area contributed by atoms with Crippen molar-refractivity contribution in [3.8, 4) is 0 Å². The molecule has 0 aromatic rings. The number of hydrogen-bond acceptors (Lipinski definition) is 6. The van der Waals surface area contributed by atoms with Crippen LogP contribution in [0.5, 0.6) is 0 Å². The minimum atomic E-state index is -1.29. The monoisotopic (exact) mass is 372 g/mol. The number of carbonyl (C=O) groups is 2. The number of ketones is 1. The third-order valence-electron chi connectivity index (χ3n) is 4.86. The van der Waals surface area contributed by atoms with Gasteiger partial charge in [-0.25, -0.2) is 4.79 Å². The number of aliphatic hydroxyl groups excluding tert-OH is 2. The molecule has 0 radical (unpaired) electrons. The van der Waals surface area contributed by atoms with Crippen molar-refractivity contribution in [2.24, 2.45) is 0 Å². The van der Waals surface area contributed by atoms with Crippen molar-refractivity contribution in [3.63, 3.8) is 0 Å². The van der Waals surface area contributed by atoms with Crippen molar-refractivity contribution in [2.75, 3.05) is 13.2 Å². The number of esters is 1. The lowest BCUT2D eigenvalue weighted by molar-refractivity contribution is -0.152. The van der Waals surface area contributed by atoms with Gasteiger partial charge in [0, 0.05) is 6.61 Å². The molecule has 1 aliphatic rings. The van der Waals surface area contributed by atoms with Gasteiger partial charge < -0.3 is 19.7 Å². The molecule has 0 spiro atoms. The predicted molar refractivity (Wildman–Crippen MR) is 98.8 cm³/mol. The minimum Gasteiger partial charge on any atom is -0.450 e. The summed E-state index contributed by atoms with van der Waals surface area (Å²) in [6.45, 7) is 2.00. The van der Waals surface area contributed by atoms with Crippen LogP contribution in [0.15, 0.2) is 0 Å². The Morgan fingerprint density at radius 1 is 0.923 bits per heavy atom. The van der Waals surface area contributed by atoms with Crippen LogP contribution >= 0.6 is 0 Å². The van der Waals surface area contributed by atoms with Crippen LogP contribution < -0.4 is 0 Å². The zero-order chi connectivity index (χ0) is 19.2. The zero-order valence-electron chi connectivity index (χ0n) is 16.2. The van der Waals surface area contributed by atoms with Crippen LogP contribution in [0.3, 0.4) is 0 Å². The second-order valence-electron chi connectivity index (χ2n) is 7.16. The quantitative estimate of drug-likeness (QED) is 0.246. The Morgan fingerprint density at radius 2 is 1.42 bits per heavy atom. The molecule has 0 bridgehead atoms. The van der Waals surface area contributed by atoms with Crippen LogP contribution in [-0.4, -0.2) is 53.5 Å². The van der Waals surface area contributed by atoms with E-state index in [0.717, 1.165) is 19.3 Å². The van der Waals surface area contributed by atoms with Crippen LogP contribution in [0.4, 0.5) is 0 Å². The molecule has 26 heavy (non-hydrogen) atoms. The van der Waals surface area contributed by atoms with Crippen molar-refractivity contribution in [3.05, 3.63) is 0 Å². The summed E-state index contributed by atoms with van der Waals surface area (Å²) < 4.78 is 10.2. The topological polar surface area (TPSA) is 93.1 Å². The number of rotatable bonds is 16. The highest BCUT2D eigenvalue weighted by atomic mass is 16.6. The summed E-state index contributed by atoms with van der Waals surface area (Å²) in [5.74, 6) is -1.77. The fourth-order valence-electron chi connectivity index (χ4n) is 3.22. The molecule has 1 aliphatic heterocycles. The van der Waals surface area contributed by atoms with Gasteiger partial charge in [0.25, 0.3) is 5.78 Å². The SMILES string of the molecule is CCCCCCCCCCCCCCOC1C(=O)C(=O)O[C@@H]1[C@@H](O)CO. The van der Waals surface area contributed by atoms with E-state index in [0.29, 0.717) is 6.61 Å². The van der Waals surface area contributed by atoms with E-state index in [1.54, 1.807) is 0 Å². The van der Waals surface area contributed by atoms with Gasteiger partial charge in [-0.3, -0.25) is 4.79 Å². The lowest BCUT2D eigenvalue weighted by atomic mass is 10.1. The molecule has 1 fully saturated rings. The molecule has 2 N–H and O–H groups in total. The van der Waals surface area contributed by atoms with Gasteiger partial charge in [-0.2, -0.15) is 0 Å². The van der Waals surface area contributed by atoms with Gasteiger partial charge in [-0.1, -0.05) is 77.6 Å². The van der Waals surface area contributed by atoms with E-state index in [-0.39, 0.29) is 0 Å². The smallest absolute Gasteiger partial charge is 0.378 e. The maximum absolute atomic E-state index is 11.7. The number of ether oxygens (including phenoxy) is 2. The summed E-state index contributed by atoms with van der Waals surface area (Å²) in [6.07, 6.45) is 11.3. The number of Topliss-reactive ketones (excluding diaryl/α,β-unsaturated/α-hetero) is 1. The first kappa shape index (κ1) is 23.1. The Hall–Kier alpha value is -0.980. The molecular formula is C20H36O6. The third-order valence-corrected chi connectivity index (χ3v) is 4.86. The molecule has 0 saturated carbocycles. The lowest BCUT2D eigenvalue weighted by Crippen LogP contribution is -2.41. The van der Waals surface area contributed by atoms with Gasteiger partial charge in [-0.05, 0) is 6.42 Å². The van der Waals surface area contributed by atoms with Crippen molar-refractivity contribution >= 4 is 11.8 Å². The summed E-state index contributed by atoms with van der Waals surface area (Å²) >= 11 is 0. The molecule has 1 heterocycles. The molecule has 0 aromatic heterocycles. The van der Waals surface area contributed by atoms with Crippen LogP contribution in [-0.2, 0) is 19.1 Å². The molecular weight excluding hydrogens is 336 g/mol. The molecule has 152 valence electrons. The Kier molecular flexibility index (Phi) is 12.5. The number of carbonyl (C=O) groups excluding carboxylic acids is 2. The normalized spacial score (nSPS) is 21.2. The maximum atomic E-state index is 11.7. The van der Waals surface area contributed by atoms with Crippen LogP contribution in [0.1, 0.15) is 84.0 Å². The second-order valence-corrected chi connectivity index (χ2v) is 7.16. The summed E-state index contributed by atoms with van der Waals surface area (Å²) in [6, 6.07) is 0. The van der Waals surface area contributed by atoms with Gasteiger partial charge >= 0.3 is 5.97 Å². The Bertz CT molecular complexity index is 398. The summed E-state index contributed by atoms with van der Waals surface area (Å²) in [4.78, 5) is 23.0. The van der Waals surface area contributed by atoms with Crippen LogP contribution in [0.25, 0.3) is 0 Å². The molecule has 0 aliphatic carbocycles. The minimum absolute atomic E-state index is 0.346. The lowest BCUT2D eigenvalue weighted by Gasteiger charge is -2.20. The fourth-order valence-corrected chi connectivity index (χ4v) is 3.22. The van der Waals surface area contributed by atoms with Gasteiger partial charge in [0.2, 0.25) is 0 Å². The first-order valence-electron chi connectivity index (χ1n) is 10.3. The van der Waals surface area contributed by atoms with E-state index < -0.39 is 36.7 Å². The van der Waals surface area contributed by atoms with Crippen molar-refractivity contribution in [2.45, 2.75) is 102 Å². The van der Waals surface area contributed by atoms with Crippen LogP contribution in [0, 0.1) is 0 Å². The van der Waals surface area contributed by atoms with E-state index in [1.165, 1.54) is 57.8 Å². The van der Waals surface area contributed by atoms with Crippen molar-refractivity contribution in [1.82, 2.24) is 0 Å². The first-order valence-corrected chi connectivity index (χ1v) is 10.3. The first-order chi connectivity index (χ1) is 12.6. The number of unbranched alkanes of at least 4 members (excludes halogenated alkanes) is 11. The van der Waals surface area contributed by atoms with Crippen LogP contribution in [0.2, 0.25) is 0 Å². The molecule has 0 aromatic carbocycles. The standard InChI is InChI=1S/C20H36O6/c1-2-3-4-5-6-7-8-9-10-11-12-13-14-25-19-17(23)20(24)26-18(19)16(22)15-21/h16,18-19,21-22H,2-15H2,1H3/t16-,18+,19?/m0/s1. The van der Waals surface area contributed by atoms with E-state index in [1.807, 2.05) is 0 Å². The van der Waals surface area contributed by atoms with E-state index in [4.69, 9.17) is 14.6 Å². The van der Waals surface area contributed by atoms with Gasteiger partial charge in [0.1, 0.15) is 6.10 Å². The van der Waals surface area contributed by atoms with Gasteiger partial charge in [0.15, 0.2) is 12.2 Å². The average Bonchev–Trinajstić information content (AvgIpc) is 2.93. The number of hydrogen-bond donors (Lipinski definition) is 2. The highest BCUT2D eigenvalue weighted by Crippen LogP contribution is 2.19. The molecule has 3 atom stereocenters. The maximum Gasteiger partial charge on any atom is 0.378 e. The van der Waals surface area contributed by atoms with Gasteiger partial charge in [0.05, 0.1) is 6.61 Å². The Morgan fingerprint density at radius 3 is 1.92 bits per heavy atom. The highest BCUT2D eigenvalue weighted by Gasteiger charge is 2.47. The third kappa shape index (κ3) is 8.60. The van der Waals surface area contributed by atoms with E-state index >= 15 is 0 Å². The summed E-state index contributed by atoms with van der Waals surface area (Å²) in [7, 11) is 0. The molecule has 1 unspecified atom stereocenters. The molecule has 6 heteroatoms. The molecule has 1 saturated heterocycles. The van der Waals surface area contributed by atoms with Crippen molar-refractivity contribution < 1.29 is 29.3 Å². The van der Waals surface area contributed by atoms with E-state index in [9.17, 15) is 14.7 Å². The van der Waals surface area contributed by atoms with Gasteiger partial charge in [-0.15, -0.1) is 0 Å². The predicted octanol–water partition coefficient (Wildman–Crippen LogP) is 2.92. The largest absolute Gasteiger partial charge is 0.450 e. The molecule has 1 rings (SSSR count). The fraction of sp³-hybridized carbons (Fsp3) is 0.900. The molecule has 6 nitrogen and oxygen atoms in total. The summed E-state index contributed by atoms with van der Waals surface area (Å²) in [5, 5.41) is 18.6. The van der Waals surface area contributed by atoms with E-state index in [2.05, 4.69) is 6.92 Å². The van der Waals surface area contributed by atoms with Crippen molar-refractivity contribution in [1.29, 1.82) is 0 Å².